The smallest absolute Gasteiger partial charge is 0.338 e. The van der Waals surface area contributed by atoms with Crippen molar-refractivity contribution in [1.29, 1.82) is 0 Å². The molecule has 2 aromatic carbocycles. The third-order valence-electron chi connectivity index (χ3n) is 5.42. The summed E-state index contributed by atoms with van der Waals surface area (Å²) in [6.45, 7) is 1.71. The van der Waals surface area contributed by atoms with Gasteiger partial charge in [-0.25, -0.2) is 19.6 Å². The maximum absolute atomic E-state index is 12.0. The average molecular weight is 467 g/mol. The zero-order chi connectivity index (χ0) is 24.3. The second-order valence-corrected chi connectivity index (χ2v) is 7.99. The van der Waals surface area contributed by atoms with E-state index in [1.165, 1.54) is 23.3 Å². The molecule has 4 aromatic rings. The summed E-state index contributed by atoms with van der Waals surface area (Å²) in [5.74, 6) is -1.42. The standard InChI is InChI=1S/C28H26N4O3/c33-27(11-9-23-1-5-25(6-2-23)13-17-31-19-15-29-21-31)35-28(34)12-10-24-3-7-26(8-4-24)14-18-32-20-16-30-22-32/h1-12,15-16,19-22H,13-14,17-18H2/b11-9+,12-10+. The van der Waals surface area contributed by atoms with Crippen LogP contribution in [0.1, 0.15) is 22.3 Å². The molecule has 2 aromatic heterocycles. The zero-order valence-electron chi connectivity index (χ0n) is 19.2. The zero-order valence-corrected chi connectivity index (χ0v) is 19.2. The van der Waals surface area contributed by atoms with Crippen LogP contribution in [0.5, 0.6) is 0 Å². The van der Waals surface area contributed by atoms with Gasteiger partial charge in [0.15, 0.2) is 0 Å². The molecule has 4 rings (SSSR count). The van der Waals surface area contributed by atoms with Crippen molar-refractivity contribution in [3.63, 3.8) is 0 Å². The van der Waals surface area contributed by atoms with Gasteiger partial charge in [0.25, 0.3) is 0 Å². The van der Waals surface area contributed by atoms with Gasteiger partial charge < -0.3 is 13.9 Å². The van der Waals surface area contributed by atoms with Crippen molar-refractivity contribution < 1.29 is 14.3 Å². The van der Waals surface area contributed by atoms with Crippen molar-refractivity contribution >= 4 is 24.1 Å². The molecule has 0 saturated heterocycles. The molecule has 7 nitrogen and oxygen atoms in total. The Morgan fingerprint density at radius 1 is 0.686 bits per heavy atom. The van der Waals surface area contributed by atoms with Gasteiger partial charge in [-0.05, 0) is 47.2 Å². The van der Waals surface area contributed by atoms with Crippen LogP contribution in [0.25, 0.3) is 12.2 Å². The third-order valence-corrected chi connectivity index (χ3v) is 5.42. The number of hydrogen-bond acceptors (Lipinski definition) is 5. The molecule has 0 aliphatic carbocycles. The van der Waals surface area contributed by atoms with E-state index in [1.807, 2.05) is 70.1 Å². The summed E-state index contributed by atoms with van der Waals surface area (Å²) in [6.07, 6.45) is 18.5. The Balaban J connectivity index is 1.20. The lowest BCUT2D eigenvalue weighted by atomic mass is 10.1. The first-order valence-corrected chi connectivity index (χ1v) is 11.4. The van der Waals surface area contributed by atoms with Crippen molar-refractivity contribution in [2.75, 3.05) is 0 Å². The van der Waals surface area contributed by atoms with Crippen molar-refractivity contribution in [2.45, 2.75) is 25.9 Å². The number of rotatable bonds is 10. The molecule has 0 aliphatic heterocycles. The molecular weight excluding hydrogens is 440 g/mol. The van der Waals surface area contributed by atoms with E-state index in [-0.39, 0.29) is 0 Å². The molecule has 0 bridgehead atoms. The lowest BCUT2D eigenvalue weighted by Gasteiger charge is -2.03. The Morgan fingerprint density at radius 2 is 1.11 bits per heavy atom. The summed E-state index contributed by atoms with van der Waals surface area (Å²) in [4.78, 5) is 32.0. The number of benzene rings is 2. The summed E-state index contributed by atoms with van der Waals surface area (Å²) in [6, 6.07) is 15.7. The summed E-state index contributed by atoms with van der Waals surface area (Å²) in [5, 5.41) is 0. The lowest BCUT2D eigenvalue weighted by Crippen LogP contribution is -2.06. The first-order valence-electron chi connectivity index (χ1n) is 11.4. The van der Waals surface area contributed by atoms with E-state index in [1.54, 1.807) is 37.2 Å². The topological polar surface area (TPSA) is 79.0 Å². The lowest BCUT2D eigenvalue weighted by molar-refractivity contribution is -0.152. The monoisotopic (exact) mass is 466 g/mol. The molecule has 0 unspecified atom stereocenters. The highest BCUT2D eigenvalue weighted by atomic mass is 16.6. The van der Waals surface area contributed by atoms with Crippen molar-refractivity contribution in [3.8, 4) is 0 Å². The number of aryl methyl sites for hydroxylation is 4. The van der Waals surface area contributed by atoms with Gasteiger partial charge in [-0.2, -0.15) is 0 Å². The van der Waals surface area contributed by atoms with E-state index in [0.29, 0.717) is 0 Å². The molecule has 7 heteroatoms. The highest BCUT2D eigenvalue weighted by molar-refractivity contribution is 5.99. The fourth-order valence-corrected chi connectivity index (χ4v) is 3.44. The van der Waals surface area contributed by atoms with Gasteiger partial charge >= 0.3 is 11.9 Å². The third kappa shape index (κ3) is 7.78. The Labute approximate surface area is 204 Å². The van der Waals surface area contributed by atoms with Crippen LogP contribution >= 0.6 is 0 Å². The van der Waals surface area contributed by atoms with Crippen LogP contribution in [0, 0.1) is 0 Å². The van der Waals surface area contributed by atoms with Crippen LogP contribution < -0.4 is 0 Å². The largest absolute Gasteiger partial charge is 0.387 e. The predicted molar refractivity (Wildman–Crippen MR) is 134 cm³/mol. The number of carbonyl (C=O) groups is 2. The number of aromatic nitrogens is 4. The highest BCUT2D eigenvalue weighted by Crippen LogP contribution is 2.10. The fraction of sp³-hybridized carbons (Fsp3) is 0.143. The van der Waals surface area contributed by atoms with Crippen molar-refractivity contribution in [1.82, 2.24) is 19.1 Å². The second kappa shape index (κ2) is 12.1. The number of imidazole rings is 2. The van der Waals surface area contributed by atoms with E-state index < -0.39 is 11.9 Å². The van der Waals surface area contributed by atoms with Gasteiger partial charge in [0.2, 0.25) is 0 Å². The molecular formula is C28H26N4O3. The minimum absolute atomic E-state index is 0.710. The first kappa shape index (κ1) is 23.6. The van der Waals surface area contributed by atoms with Crippen molar-refractivity contribution in [3.05, 3.63) is 120 Å². The molecule has 0 spiro atoms. The van der Waals surface area contributed by atoms with Crippen LogP contribution in [0.3, 0.4) is 0 Å². The normalized spacial score (nSPS) is 11.3. The van der Waals surface area contributed by atoms with Crippen LogP contribution in [-0.2, 0) is 40.3 Å². The molecule has 0 aliphatic rings. The molecule has 0 fully saturated rings. The van der Waals surface area contributed by atoms with E-state index in [2.05, 4.69) is 9.97 Å². The van der Waals surface area contributed by atoms with E-state index >= 15 is 0 Å². The maximum atomic E-state index is 12.0. The predicted octanol–water partition coefficient (Wildman–Crippen LogP) is 4.36. The summed E-state index contributed by atoms with van der Waals surface area (Å²) in [5.41, 5.74) is 4.07. The average Bonchev–Trinajstić information content (AvgIpc) is 3.60. The Hall–Kier alpha value is -4.52. The minimum Gasteiger partial charge on any atom is -0.387 e. The maximum Gasteiger partial charge on any atom is 0.338 e. The molecule has 0 atom stereocenters. The Kier molecular flexibility index (Phi) is 8.16. The number of nitrogens with zero attached hydrogens (tertiary/aromatic N) is 4. The number of hydrogen-bond donors (Lipinski definition) is 0. The van der Waals surface area contributed by atoms with Gasteiger partial charge in [-0.3, -0.25) is 0 Å². The van der Waals surface area contributed by atoms with Gasteiger partial charge in [0.1, 0.15) is 0 Å². The SMILES string of the molecule is O=C(/C=C/c1ccc(CCn2ccnc2)cc1)OC(=O)/C=C/c1ccc(CCn2ccnc2)cc1. The van der Waals surface area contributed by atoms with E-state index in [0.717, 1.165) is 37.1 Å². The van der Waals surface area contributed by atoms with Crippen LogP contribution in [-0.4, -0.2) is 31.0 Å². The van der Waals surface area contributed by atoms with Crippen molar-refractivity contribution in [2.24, 2.45) is 0 Å². The number of ether oxygens (including phenoxy) is 1. The molecule has 0 amide bonds. The van der Waals surface area contributed by atoms with Gasteiger partial charge in [0.05, 0.1) is 12.7 Å². The summed E-state index contributed by atoms with van der Waals surface area (Å²) < 4.78 is 8.88. The molecule has 0 N–H and O–H groups in total. The molecule has 176 valence electrons. The van der Waals surface area contributed by atoms with E-state index in [4.69, 9.17) is 4.74 Å². The van der Waals surface area contributed by atoms with Crippen LogP contribution in [0.2, 0.25) is 0 Å². The molecule has 2 heterocycles. The molecule has 0 saturated carbocycles. The van der Waals surface area contributed by atoms with Gasteiger partial charge in [-0.1, -0.05) is 48.5 Å². The number of carbonyl (C=O) groups excluding carboxylic acids is 2. The van der Waals surface area contributed by atoms with E-state index in [9.17, 15) is 9.59 Å². The minimum atomic E-state index is -0.710. The fourth-order valence-electron chi connectivity index (χ4n) is 3.44. The first-order chi connectivity index (χ1) is 17.1. The van der Waals surface area contributed by atoms with Crippen LogP contribution in [0.4, 0.5) is 0 Å². The van der Waals surface area contributed by atoms with Crippen LogP contribution in [0.15, 0.2) is 98.1 Å². The van der Waals surface area contributed by atoms with Gasteiger partial charge in [0, 0.05) is 50.0 Å². The molecule has 0 radical (unpaired) electrons. The van der Waals surface area contributed by atoms with Gasteiger partial charge in [-0.15, -0.1) is 0 Å². The highest BCUT2D eigenvalue weighted by Gasteiger charge is 2.04. The second-order valence-electron chi connectivity index (χ2n) is 7.99. The Morgan fingerprint density at radius 3 is 1.49 bits per heavy atom. The summed E-state index contributed by atoms with van der Waals surface area (Å²) in [7, 11) is 0. The quantitative estimate of drug-likeness (QED) is 0.197. The number of esters is 2. The molecule has 35 heavy (non-hydrogen) atoms. The summed E-state index contributed by atoms with van der Waals surface area (Å²) >= 11 is 0. The Bertz CT molecular complexity index is 1170.